The van der Waals surface area contributed by atoms with E-state index in [4.69, 9.17) is 9.15 Å². The van der Waals surface area contributed by atoms with Gasteiger partial charge in [-0.3, -0.25) is 4.79 Å². The molecule has 1 aliphatic rings. The number of halogens is 1. The SMILES string of the molecule is CCCOc1cccc(C(=O)N(Cc2ccc(-c3ccc(F)cc3)o2)[C@H]2CCS(=O)(=O)C2)c1. The highest BCUT2D eigenvalue weighted by molar-refractivity contribution is 7.91. The van der Waals surface area contributed by atoms with Gasteiger partial charge in [-0.25, -0.2) is 12.8 Å². The molecule has 8 heteroatoms. The van der Waals surface area contributed by atoms with Gasteiger partial charge >= 0.3 is 0 Å². The van der Waals surface area contributed by atoms with Gasteiger partial charge in [-0.2, -0.15) is 0 Å². The van der Waals surface area contributed by atoms with Crippen molar-refractivity contribution in [2.45, 2.75) is 32.4 Å². The molecule has 3 aromatic rings. The summed E-state index contributed by atoms with van der Waals surface area (Å²) in [5.41, 5.74) is 1.14. The van der Waals surface area contributed by atoms with Crippen molar-refractivity contribution in [3.8, 4) is 17.1 Å². The van der Waals surface area contributed by atoms with E-state index in [1.807, 2.05) is 6.92 Å². The Morgan fingerprint density at radius 2 is 1.94 bits per heavy atom. The molecule has 1 amide bonds. The van der Waals surface area contributed by atoms with Crippen LogP contribution < -0.4 is 4.74 Å². The summed E-state index contributed by atoms with van der Waals surface area (Å²) in [5, 5.41) is 0. The highest BCUT2D eigenvalue weighted by Crippen LogP contribution is 2.27. The van der Waals surface area contributed by atoms with Crippen molar-refractivity contribution in [3.63, 3.8) is 0 Å². The van der Waals surface area contributed by atoms with Gasteiger partial charge in [-0.05, 0) is 67.4 Å². The number of sulfone groups is 1. The normalized spacial score (nSPS) is 17.1. The molecule has 0 radical (unpaired) electrons. The molecule has 1 atom stereocenters. The molecule has 1 aliphatic heterocycles. The highest BCUT2D eigenvalue weighted by atomic mass is 32.2. The molecule has 0 bridgehead atoms. The van der Waals surface area contributed by atoms with Crippen molar-refractivity contribution in [2.75, 3.05) is 18.1 Å². The molecule has 2 heterocycles. The fourth-order valence-corrected chi connectivity index (χ4v) is 5.62. The predicted octanol–water partition coefficient (Wildman–Crippen LogP) is 4.70. The van der Waals surface area contributed by atoms with E-state index in [0.717, 1.165) is 6.42 Å². The standard InChI is InChI=1S/C25H26FNO5S/c1-2-13-31-22-5-3-4-19(15-22)25(28)27(21-12-14-33(29,30)17-21)16-23-10-11-24(32-23)18-6-8-20(26)9-7-18/h3-11,15,21H,2,12-14,16-17H2,1H3/t21-/m0/s1. The van der Waals surface area contributed by atoms with E-state index < -0.39 is 15.9 Å². The Kier molecular flexibility index (Phi) is 6.83. The van der Waals surface area contributed by atoms with Crippen molar-refractivity contribution in [1.29, 1.82) is 0 Å². The van der Waals surface area contributed by atoms with E-state index >= 15 is 0 Å². The molecule has 0 saturated carbocycles. The second-order valence-electron chi connectivity index (χ2n) is 8.14. The summed E-state index contributed by atoms with van der Waals surface area (Å²) in [5.74, 6) is 1.03. The molecule has 2 aromatic carbocycles. The van der Waals surface area contributed by atoms with Crippen molar-refractivity contribution in [1.82, 2.24) is 4.90 Å². The maximum Gasteiger partial charge on any atom is 0.254 e. The van der Waals surface area contributed by atoms with Crippen LogP contribution >= 0.6 is 0 Å². The maximum atomic E-state index is 13.5. The fraction of sp³-hybridized carbons (Fsp3) is 0.320. The summed E-state index contributed by atoms with van der Waals surface area (Å²) >= 11 is 0. The Bertz CT molecular complexity index is 1220. The van der Waals surface area contributed by atoms with Gasteiger partial charge in [0.1, 0.15) is 23.1 Å². The first-order valence-corrected chi connectivity index (χ1v) is 12.8. The Labute approximate surface area is 192 Å². The van der Waals surface area contributed by atoms with Crippen LogP contribution in [0.25, 0.3) is 11.3 Å². The van der Waals surface area contributed by atoms with Crippen LogP contribution in [0.15, 0.2) is 65.1 Å². The Morgan fingerprint density at radius 3 is 2.64 bits per heavy atom. The summed E-state index contributed by atoms with van der Waals surface area (Å²) in [4.78, 5) is 15.0. The van der Waals surface area contributed by atoms with E-state index in [0.29, 0.717) is 41.4 Å². The van der Waals surface area contributed by atoms with Gasteiger partial charge in [0, 0.05) is 17.2 Å². The van der Waals surface area contributed by atoms with E-state index in [2.05, 4.69) is 0 Å². The number of benzene rings is 2. The van der Waals surface area contributed by atoms with E-state index in [-0.39, 0.29) is 29.8 Å². The zero-order chi connectivity index (χ0) is 23.4. The fourth-order valence-electron chi connectivity index (χ4n) is 3.89. The minimum atomic E-state index is -3.20. The summed E-state index contributed by atoms with van der Waals surface area (Å²) < 4.78 is 49.1. The lowest BCUT2D eigenvalue weighted by molar-refractivity contribution is 0.0666. The molecular formula is C25H26FNO5S. The van der Waals surface area contributed by atoms with Crippen molar-refractivity contribution >= 4 is 15.7 Å². The second kappa shape index (κ2) is 9.79. The highest BCUT2D eigenvalue weighted by Gasteiger charge is 2.35. The van der Waals surface area contributed by atoms with Crippen LogP contribution in [0.2, 0.25) is 0 Å². The number of rotatable bonds is 8. The summed E-state index contributed by atoms with van der Waals surface area (Å²) in [6, 6.07) is 15.9. The van der Waals surface area contributed by atoms with Gasteiger partial charge in [-0.15, -0.1) is 0 Å². The summed E-state index contributed by atoms with van der Waals surface area (Å²) in [7, 11) is -3.20. The summed E-state index contributed by atoms with van der Waals surface area (Å²) in [6.07, 6.45) is 1.23. The molecule has 0 unspecified atom stereocenters. The van der Waals surface area contributed by atoms with Gasteiger partial charge < -0.3 is 14.1 Å². The molecule has 1 fully saturated rings. The number of ether oxygens (including phenoxy) is 1. The maximum absolute atomic E-state index is 13.5. The van der Waals surface area contributed by atoms with Gasteiger partial charge in [0.25, 0.3) is 5.91 Å². The van der Waals surface area contributed by atoms with Crippen LogP contribution in [0.5, 0.6) is 5.75 Å². The van der Waals surface area contributed by atoms with Gasteiger partial charge in [0.05, 0.1) is 24.7 Å². The average molecular weight is 472 g/mol. The van der Waals surface area contributed by atoms with Crippen molar-refractivity contribution in [2.24, 2.45) is 0 Å². The molecule has 4 rings (SSSR count). The first-order valence-electron chi connectivity index (χ1n) is 10.9. The zero-order valence-corrected chi connectivity index (χ0v) is 19.2. The number of amides is 1. The molecule has 33 heavy (non-hydrogen) atoms. The number of furan rings is 1. The van der Waals surface area contributed by atoms with Crippen LogP contribution in [0.1, 0.15) is 35.9 Å². The molecule has 0 N–H and O–H groups in total. The van der Waals surface area contributed by atoms with Crippen molar-refractivity contribution in [3.05, 3.63) is 77.8 Å². The van der Waals surface area contributed by atoms with Crippen LogP contribution in [0.3, 0.4) is 0 Å². The average Bonchev–Trinajstić information content (AvgIpc) is 3.42. The largest absolute Gasteiger partial charge is 0.494 e. The molecule has 0 aliphatic carbocycles. The molecule has 0 spiro atoms. The first kappa shape index (κ1) is 23.0. The minimum Gasteiger partial charge on any atom is -0.494 e. The van der Waals surface area contributed by atoms with Crippen LogP contribution in [0, 0.1) is 5.82 Å². The summed E-state index contributed by atoms with van der Waals surface area (Å²) in [6.45, 7) is 2.67. The number of carbonyl (C=O) groups excluding carboxylic acids is 1. The number of hydrogen-bond donors (Lipinski definition) is 0. The molecule has 1 saturated heterocycles. The van der Waals surface area contributed by atoms with Crippen LogP contribution in [0.4, 0.5) is 4.39 Å². The number of hydrogen-bond acceptors (Lipinski definition) is 5. The lowest BCUT2D eigenvalue weighted by Gasteiger charge is -2.27. The quantitative estimate of drug-likeness (QED) is 0.476. The first-order chi connectivity index (χ1) is 15.8. The van der Waals surface area contributed by atoms with E-state index in [9.17, 15) is 17.6 Å². The third-order valence-electron chi connectivity index (χ3n) is 5.58. The third kappa shape index (κ3) is 5.63. The smallest absolute Gasteiger partial charge is 0.254 e. The van der Waals surface area contributed by atoms with Crippen LogP contribution in [-0.2, 0) is 16.4 Å². The third-order valence-corrected chi connectivity index (χ3v) is 7.33. The molecule has 1 aromatic heterocycles. The molecular weight excluding hydrogens is 445 g/mol. The van der Waals surface area contributed by atoms with Gasteiger partial charge in [-0.1, -0.05) is 13.0 Å². The second-order valence-corrected chi connectivity index (χ2v) is 10.4. The lowest BCUT2D eigenvalue weighted by Crippen LogP contribution is -2.40. The predicted molar refractivity (Wildman–Crippen MR) is 123 cm³/mol. The van der Waals surface area contributed by atoms with Gasteiger partial charge in [0.15, 0.2) is 9.84 Å². The Balaban J connectivity index is 1.59. The van der Waals surface area contributed by atoms with Gasteiger partial charge in [0.2, 0.25) is 0 Å². The topological polar surface area (TPSA) is 76.8 Å². The van der Waals surface area contributed by atoms with Crippen molar-refractivity contribution < 1.29 is 26.8 Å². The molecule has 174 valence electrons. The van der Waals surface area contributed by atoms with E-state index in [1.165, 1.54) is 12.1 Å². The lowest BCUT2D eigenvalue weighted by atomic mass is 10.1. The Morgan fingerprint density at radius 1 is 1.15 bits per heavy atom. The van der Waals surface area contributed by atoms with E-state index in [1.54, 1.807) is 53.4 Å². The van der Waals surface area contributed by atoms with Crippen LogP contribution in [-0.4, -0.2) is 43.4 Å². The molecule has 6 nitrogen and oxygen atoms in total. The number of nitrogens with zero attached hydrogens (tertiary/aromatic N) is 1. The minimum absolute atomic E-state index is 0.0556. The monoisotopic (exact) mass is 471 g/mol. The Hall–Kier alpha value is -3.13. The number of carbonyl (C=O) groups is 1. The zero-order valence-electron chi connectivity index (χ0n) is 18.4.